The summed E-state index contributed by atoms with van der Waals surface area (Å²) in [5.41, 5.74) is 0. The predicted octanol–water partition coefficient (Wildman–Crippen LogP) is 14.2. The molecule has 52 heavy (non-hydrogen) atoms. The van der Waals surface area contributed by atoms with Crippen molar-refractivity contribution in [2.45, 2.75) is 253 Å². The number of hydrogen-bond donors (Lipinski definition) is 0. The van der Waals surface area contributed by atoms with Crippen molar-refractivity contribution in [3.63, 3.8) is 0 Å². The van der Waals surface area contributed by atoms with Gasteiger partial charge >= 0.3 is 17.9 Å². The molecule has 0 unspecified atom stereocenters. The normalized spacial score (nSPS) is 12.1. The molecule has 6 nitrogen and oxygen atoms in total. The minimum absolute atomic E-state index is 0.0658. The van der Waals surface area contributed by atoms with Crippen molar-refractivity contribution in [1.82, 2.24) is 0 Å². The molecule has 0 saturated carbocycles. The van der Waals surface area contributed by atoms with Crippen molar-refractivity contribution < 1.29 is 28.6 Å². The molecular formula is C46H88O6. The average Bonchev–Trinajstić information content (AvgIpc) is 3.11. The Morgan fingerprint density at radius 1 is 0.365 bits per heavy atom. The number of unbranched alkanes of at least 4 members (excludes halogenated alkanes) is 25. The van der Waals surface area contributed by atoms with E-state index >= 15 is 0 Å². The lowest BCUT2D eigenvalue weighted by atomic mass is 10.0. The van der Waals surface area contributed by atoms with Crippen molar-refractivity contribution in [2.24, 2.45) is 11.8 Å². The zero-order valence-corrected chi connectivity index (χ0v) is 35.4. The van der Waals surface area contributed by atoms with Crippen LogP contribution in [0.2, 0.25) is 0 Å². The van der Waals surface area contributed by atoms with Gasteiger partial charge in [0.15, 0.2) is 6.10 Å². The number of carbonyl (C=O) groups is 3. The highest BCUT2D eigenvalue weighted by atomic mass is 16.6. The summed E-state index contributed by atoms with van der Waals surface area (Å²) < 4.78 is 16.7. The van der Waals surface area contributed by atoms with E-state index in [2.05, 4.69) is 34.6 Å². The van der Waals surface area contributed by atoms with Crippen molar-refractivity contribution >= 4 is 17.9 Å². The molecule has 0 amide bonds. The van der Waals surface area contributed by atoms with Crippen LogP contribution in [0.3, 0.4) is 0 Å². The van der Waals surface area contributed by atoms with E-state index in [0.29, 0.717) is 19.3 Å². The fourth-order valence-electron chi connectivity index (χ4n) is 6.75. The van der Waals surface area contributed by atoms with Crippen molar-refractivity contribution in [1.29, 1.82) is 0 Å². The first kappa shape index (κ1) is 50.4. The number of carbonyl (C=O) groups excluding carboxylic acids is 3. The fraction of sp³-hybridized carbons (Fsp3) is 0.935. The lowest BCUT2D eigenvalue weighted by molar-refractivity contribution is -0.167. The summed E-state index contributed by atoms with van der Waals surface area (Å²) in [5.74, 6) is 0.723. The molecule has 0 rings (SSSR count). The van der Waals surface area contributed by atoms with Crippen LogP contribution >= 0.6 is 0 Å². The van der Waals surface area contributed by atoms with Crippen molar-refractivity contribution in [3.05, 3.63) is 0 Å². The van der Waals surface area contributed by atoms with E-state index in [4.69, 9.17) is 14.2 Å². The third-order valence-electron chi connectivity index (χ3n) is 10.2. The second-order valence-corrected chi connectivity index (χ2v) is 16.6. The monoisotopic (exact) mass is 737 g/mol. The van der Waals surface area contributed by atoms with Crippen LogP contribution in [0.1, 0.15) is 247 Å². The van der Waals surface area contributed by atoms with Crippen LogP contribution < -0.4 is 0 Å². The Hall–Kier alpha value is -1.59. The molecule has 0 aliphatic rings. The molecule has 1 atom stereocenters. The van der Waals surface area contributed by atoms with E-state index < -0.39 is 6.10 Å². The van der Waals surface area contributed by atoms with Gasteiger partial charge in [0.05, 0.1) is 0 Å². The molecule has 308 valence electrons. The minimum Gasteiger partial charge on any atom is -0.462 e. The van der Waals surface area contributed by atoms with E-state index in [1.165, 1.54) is 135 Å². The predicted molar refractivity (Wildman–Crippen MR) is 220 cm³/mol. The van der Waals surface area contributed by atoms with Crippen LogP contribution in [0.5, 0.6) is 0 Å². The summed E-state index contributed by atoms with van der Waals surface area (Å²) >= 11 is 0. The van der Waals surface area contributed by atoms with Gasteiger partial charge in [0.1, 0.15) is 13.2 Å². The van der Waals surface area contributed by atoms with Gasteiger partial charge in [0.25, 0.3) is 0 Å². The molecule has 0 aromatic carbocycles. The Morgan fingerprint density at radius 2 is 0.635 bits per heavy atom. The van der Waals surface area contributed by atoms with Gasteiger partial charge in [-0.1, -0.05) is 208 Å². The van der Waals surface area contributed by atoms with Crippen LogP contribution in [0.15, 0.2) is 0 Å². The molecule has 0 aliphatic heterocycles. The second kappa shape index (κ2) is 39.1. The highest BCUT2D eigenvalue weighted by Crippen LogP contribution is 2.16. The van der Waals surface area contributed by atoms with Crippen LogP contribution in [-0.2, 0) is 28.6 Å². The maximum absolute atomic E-state index is 12.7. The largest absolute Gasteiger partial charge is 0.462 e. The van der Waals surface area contributed by atoms with Gasteiger partial charge in [-0.05, 0) is 31.1 Å². The van der Waals surface area contributed by atoms with Gasteiger partial charge < -0.3 is 14.2 Å². The molecule has 0 aromatic rings. The van der Waals surface area contributed by atoms with Gasteiger partial charge in [0, 0.05) is 19.3 Å². The lowest BCUT2D eigenvalue weighted by Gasteiger charge is -2.18. The molecule has 6 heteroatoms. The topological polar surface area (TPSA) is 78.9 Å². The van der Waals surface area contributed by atoms with Crippen LogP contribution in [-0.4, -0.2) is 37.2 Å². The van der Waals surface area contributed by atoms with Crippen LogP contribution in [0, 0.1) is 11.8 Å². The van der Waals surface area contributed by atoms with E-state index in [1.807, 2.05) is 0 Å². The molecule has 0 bridgehead atoms. The summed E-state index contributed by atoms with van der Waals surface area (Å²) in [4.78, 5) is 37.6. The number of ether oxygens (including phenoxy) is 3. The molecule has 0 aromatic heterocycles. The number of esters is 3. The summed E-state index contributed by atoms with van der Waals surface area (Å²) in [5, 5.41) is 0. The van der Waals surface area contributed by atoms with E-state index in [0.717, 1.165) is 69.6 Å². The van der Waals surface area contributed by atoms with E-state index in [-0.39, 0.29) is 31.1 Å². The number of hydrogen-bond acceptors (Lipinski definition) is 6. The van der Waals surface area contributed by atoms with Gasteiger partial charge in [-0.3, -0.25) is 14.4 Å². The van der Waals surface area contributed by atoms with Gasteiger partial charge in [0.2, 0.25) is 0 Å². The van der Waals surface area contributed by atoms with Crippen molar-refractivity contribution in [2.75, 3.05) is 13.2 Å². The van der Waals surface area contributed by atoms with E-state index in [9.17, 15) is 14.4 Å². The van der Waals surface area contributed by atoms with Crippen LogP contribution in [0.4, 0.5) is 0 Å². The summed E-state index contributed by atoms with van der Waals surface area (Å²) in [6.07, 6.45) is 36.7. The average molecular weight is 737 g/mol. The second-order valence-electron chi connectivity index (χ2n) is 16.6. The molecule has 0 fully saturated rings. The van der Waals surface area contributed by atoms with Gasteiger partial charge in [-0.15, -0.1) is 0 Å². The summed E-state index contributed by atoms with van der Waals surface area (Å²) in [7, 11) is 0. The molecule has 0 spiro atoms. The third-order valence-corrected chi connectivity index (χ3v) is 10.2. The zero-order valence-electron chi connectivity index (χ0n) is 35.4. The lowest BCUT2D eigenvalue weighted by Crippen LogP contribution is -2.30. The summed E-state index contributed by atoms with van der Waals surface area (Å²) in [6.45, 7) is 11.3. The SMILES string of the molecule is CCCCCCCCCCCCCC(=O)OC[C@@H](COC(=O)CCCCCCCCCCCCCC(C)C)OC(=O)CCCCCCCCC(C)C. The number of rotatable bonds is 40. The van der Waals surface area contributed by atoms with Crippen molar-refractivity contribution in [3.8, 4) is 0 Å². The Labute approximate surface area is 323 Å². The quantitative estimate of drug-likeness (QED) is 0.0354. The Bertz CT molecular complexity index is 794. The zero-order chi connectivity index (χ0) is 38.3. The maximum atomic E-state index is 12.7. The highest BCUT2D eigenvalue weighted by Gasteiger charge is 2.19. The van der Waals surface area contributed by atoms with Gasteiger partial charge in [-0.2, -0.15) is 0 Å². The van der Waals surface area contributed by atoms with Gasteiger partial charge in [-0.25, -0.2) is 0 Å². The first-order chi connectivity index (χ1) is 25.2. The molecule has 0 aliphatic carbocycles. The first-order valence-electron chi connectivity index (χ1n) is 22.7. The Balaban J connectivity index is 4.30. The third kappa shape index (κ3) is 39.6. The molecule has 0 saturated heterocycles. The standard InChI is InChI=1S/C46H88O6/c1-6-7-8-9-10-11-13-17-20-26-31-36-44(47)50-39-43(52-46(49)38-33-28-23-22-25-30-35-42(4)5)40-51-45(48)37-32-27-21-18-15-12-14-16-19-24-29-34-41(2)3/h41-43H,6-40H2,1-5H3/t43-/m0/s1. The molecular weight excluding hydrogens is 648 g/mol. The molecule has 0 N–H and O–H groups in total. The minimum atomic E-state index is -0.760. The fourth-order valence-corrected chi connectivity index (χ4v) is 6.75. The Kier molecular flexibility index (Phi) is 37.9. The maximum Gasteiger partial charge on any atom is 0.306 e. The smallest absolute Gasteiger partial charge is 0.306 e. The highest BCUT2D eigenvalue weighted by molar-refractivity contribution is 5.71. The first-order valence-corrected chi connectivity index (χ1v) is 22.7. The van der Waals surface area contributed by atoms with Crippen LogP contribution in [0.25, 0.3) is 0 Å². The molecule has 0 radical (unpaired) electrons. The summed E-state index contributed by atoms with van der Waals surface area (Å²) in [6, 6.07) is 0. The molecule has 0 heterocycles. The Morgan fingerprint density at radius 3 is 0.942 bits per heavy atom. The van der Waals surface area contributed by atoms with E-state index in [1.54, 1.807) is 0 Å².